The molecule has 0 radical (unpaired) electrons. The first-order chi connectivity index (χ1) is 5.72. The largest absolute Gasteiger partial charge is 0.350 e. The molecule has 0 atom stereocenters. The predicted molar refractivity (Wildman–Crippen MR) is 49.2 cm³/mol. The number of rotatable bonds is 2. The molecule has 0 aromatic carbocycles. The van der Waals surface area contributed by atoms with Gasteiger partial charge in [-0.1, -0.05) is 6.58 Å². The van der Waals surface area contributed by atoms with Crippen molar-refractivity contribution in [1.29, 1.82) is 0 Å². The summed E-state index contributed by atoms with van der Waals surface area (Å²) in [6, 6.07) is 0.202. The second-order valence-corrected chi connectivity index (χ2v) is 4.53. The smallest absolute Gasteiger partial charge is 0.243 e. The number of nitrogens with one attached hydrogen (secondary N) is 1. The fraction of sp³-hybridized carbons (Fsp3) is 0.625. The molecule has 1 amide bonds. The topological polar surface area (TPSA) is 46.2 Å². The Morgan fingerprint density at radius 2 is 2.08 bits per heavy atom. The van der Waals surface area contributed by atoms with Crippen LogP contribution in [0.5, 0.6) is 0 Å². The van der Waals surface area contributed by atoms with Crippen LogP contribution in [-0.2, 0) is 15.6 Å². The highest BCUT2D eigenvalue weighted by atomic mass is 32.2. The number of hydrogen-bond donors (Lipinski definition) is 1. The Kier molecular flexibility index (Phi) is 3.47. The van der Waals surface area contributed by atoms with E-state index < -0.39 is 10.8 Å². The quantitative estimate of drug-likeness (QED) is 0.628. The molecule has 0 unspecified atom stereocenters. The monoisotopic (exact) mass is 187 g/mol. The van der Waals surface area contributed by atoms with E-state index in [-0.39, 0.29) is 11.9 Å². The molecule has 0 spiro atoms. The van der Waals surface area contributed by atoms with Crippen molar-refractivity contribution in [3.8, 4) is 0 Å². The Morgan fingerprint density at radius 3 is 2.58 bits per heavy atom. The van der Waals surface area contributed by atoms with E-state index in [1.54, 1.807) is 0 Å². The van der Waals surface area contributed by atoms with E-state index in [4.69, 9.17) is 0 Å². The van der Waals surface area contributed by atoms with Gasteiger partial charge in [0, 0.05) is 28.3 Å². The molecule has 4 heteroatoms. The molecule has 12 heavy (non-hydrogen) atoms. The lowest BCUT2D eigenvalue weighted by Crippen LogP contribution is -2.38. The molecule has 0 aliphatic carbocycles. The van der Waals surface area contributed by atoms with Gasteiger partial charge in [-0.3, -0.25) is 9.00 Å². The highest BCUT2D eigenvalue weighted by Gasteiger charge is 2.18. The lowest BCUT2D eigenvalue weighted by Gasteiger charge is -2.21. The van der Waals surface area contributed by atoms with Crippen molar-refractivity contribution >= 4 is 16.7 Å². The fourth-order valence-corrected chi connectivity index (χ4v) is 2.50. The molecule has 3 nitrogen and oxygen atoms in total. The van der Waals surface area contributed by atoms with Crippen LogP contribution in [0.15, 0.2) is 12.7 Å². The average molecular weight is 187 g/mol. The standard InChI is InChI=1S/C8H13NO2S/c1-2-8(10)9-7-3-5-12(11)6-4-7/h2,7H,1,3-6H2,(H,9,10). The van der Waals surface area contributed by atoms with Crippen LogP contribution in [0.4, 0.5) is 0 Å². The first kappa shape index (κ1) is 9.45. The van der Waals surface area contributed by atoms with Crippen molar-refractivity contribution in [1.82, 2.24) is 5.32 Å². The van der Waals surface area contributed by atoms with E-state index in [1.165, 1.54) is 6.08 Å². The van der Waals surface area contributed by atoms with Crippen LogP contribution in [0.2, 0.25) is 0 Å². The molecule has 1 rings (SSSR count). The Morgan fingerprint density at radius 1 is 1.50 bits per heavy atom. The number of hydrogen-bond acceptors (Lipinski definition) is 2. The van der Waals surface area contributed by atoms with Gasteiger partial charge in [-0.25, -0.2) is 0 Å². The normalized spacial score (nSPS) is 29.3. The zero-order chi connectivity index (χ0) is 8.97. The first-order valence-corrected chi connectivity index (χ1v) is 5.49. The van der Waals surface area contributed by atoms with E-state index in [0.29, 0.717) is 11.5 Å². The Labute approximate surface area is 74.7 Å². The summed E-state index contributed by atoms with van der Waals surface area (Å²) >= 11 is 0. The third-order valence-corrected chi connectivity index (χ3v) is 3.30. The van der Waals surface area contributed by atoms with E-state index in [1.807, 2.05) is 0 Å². The Hall–Kier alpha value is -0.640. The van der Waals surface area contributed by atoms with E-state index in [0.717, 1.165) is 12.8 Å². The minimum Gasteiger partial charge on any atom is -0.350 e. The minimum absolute atomic E-state index is 0.132. The lowest BCUT2D eigenvalue weighted by molar-refractivity contribution is -0.117. The fourth-order valence-electron chi connectivity index (χ4n) is 1.20. The van der Waals surface area contributed by atoms with Crippen LogP contribution in [-0.4, -0.2) is 27.7 Å². The van der Waals surface area contributed by atoms with Gasteiger partial charge in [-0.05, 0) is 18.9 Å². The van der Waals surface area contributed by atoms with Crippen molar-refractivity contribution in [3.05, 3.63) is 12.7 Å². The van der Waals surface area contributed by atoms with Crippen LogP contribution in [0.3, 0.4) is 0 Å². The van der Waals surface area contributed by atoms with Crippen molar-refractivity contribution in [2.24, 2.45) is 0 Å². The molecule has 0 aromatic rings. The minimum atomic E-state index is -0.655. The van der Waals surface area contributed by atoms with Crippen molar-refractivity contribution in [2.75, 3.05) is 11.5 Å². The van der Waals surface area contributed by atoms with Gasteiger partial charge in [0.2, 0.25) is 5.91 Å². The summed E-state index contributed by atoms with van der Waals surface area (Å²) in [6.45, 7) is 3.37. The number of carbonyl (C=O) groups excluding carboxylic acids is 1. The van der Waals surface area contributed by atoms with Crippen molar-refractivity contribution in [2.45, 2.75) is 18.9 Å². The molecular formula is C8H13NO2S. The molecule has 1 N–H and O–H groups in total. The van der Waals surface area contributed by atoms with Gasteiger partial charge >= 0.3 is 0 Å². The van der Waals surface area contributed by atoms with E-state index in [9.17, 15) is 9.00 Å². The van der Waals surface area contributed by atoms with Gasteiger partial charge < -0.3 is 5.32 Å². The molecule has 1 saturated heterocycles. The Bertz CT molecular complexity index is 205. The highest BCUT2D eigenvalue weighted by Crippen LogP contribution is 2.08. The van der Waals surface area contributed by atoms with Crippen molar-refractivity contribution in [3.63, 3.8) is 0 Å². The summed E-state index contributed by atoms with van der Waals surface area (Å²) in [7, 11) is -0.655. The molecule has 68 valence electrons. The Balaban J connectivity index is 2.30. The first-order valence-electron chi connectivity index (χ1n) is 4.00. The maximum atomic E-state index is 10.9. The molecular weight excluding hydrogens is 174 g/mol. The molecule has 1 aliphatic heterocycles. The predicted octanol–water partition coefficient (Wildman–Crippen LogP) is 0.200. The summed E-state index contributed by atoms with van der Waals surface area (Å²) in [4.78, 5) is 10.9. The van der Waals surface area contributed by atoms with Crippen LogP contribution in [0, 0.1) is 0 Å². The molecule has 0 bridgehead atoms. The van der Waals surface area contributed by atoms with Crippen LogP contribution in [0.1, 0.15) is 12.8 Å². The zero-order valence-electron chi connectivity index (χ0n) is 6.91. The molecule has 1 aliphatic rings. The van der Waals surface area contributed by atoms with Gasteiger partial charge in [0.1, 0.15) is 0 Å². The second kappa shape index (κ2) is 4.40. The van der Waals surface area contributed by atoms with Crippen LogP contribution in [0.25, 0.3) is 0 Å². The van der Waals surface area contributed by atoms with E-state index in [2.05, 4.69) is 11.9 Å². The number of amides is 1. The van der Waals surface area contributed by atoms with Gasteiger partial charge in [0.15, 0.2) is 0 Å². The van der Waals surface area contributed by atoms with Crippen LogP contribution >= 0.6 is 0 Å². The maximum Gasteiger partial charge on any atom is 0.243 e. The lowest BCUT2D eigenvalue weighted by atomic mass is 10.1. The van der Waals surface area contributed by atoms with Crippen LogP contribution < -0.4 is 5.32 Å². The van der Waals surface area contributed by atoms with E-state index >= 15 is 0 Å². The van der Waals surface area contributed by atoms with Gasteiger partial charge in [0.05, 0.1) is 0 Å². The third-order valence-electron chi connectivity index (χ3n) is 1.92. The zero-order valence-corrected chi connectivity index (χ0v) is 7.73. The highest BCUT2D eigenvalue weighted by molar-refractivity contribution is 7.85. The molecule has 0 saturated carbocycles. The molecule has 0 aromatic heterocycles. The number of carbonyl (C=O) groups is 1. The second-order valence-electron chi connectivity index (χ2n) is 2.84. The van der Waals surface area contributed by atoms with Gasteiger partial charge in [-0.2, -0.15) is 0 Å². The molecule has 1 heterocycles. The average Bonchev–Trinajstić information content (AvgIpc) is 2.09. The third kappa shape index (κ3) is 2.77. The molecule has 1 fully saturated rings. The van der Waals surface area contributed by atoms with Gasteiger partial charge in [0.25, 0.3) is 0 Å². The summed E-state index contributed by atoms with van der Waals surface area (Å²) in [5, 5.41) is 2.80. The van der Waals surface area contributed by atoms with Gasteiger partial charge in [-0.15, -0.1) is 0 Å². The van der Waals surface area contributed by atoms with Crippen molar-refractivity contribution < 1.29 is 9.00 Å². The maximum absolute atomic E-state index is 10.9. The SMILES string of the molecule is C=CC(=O)NC1CCS(=O)CC1. The summed E-state index contributed by atoms with van der Waals surface area (Å²) in [5.41, 5.74) is 0. The summed E-state index contributed by atoms with van der Waals surface area (Å²) < 4.78 is 10.9. The summed E-state index contributed by atoms with van der Waals surface area (Å²) in [6.07, 6.45) is 2.92. The summed E-state index contributed by atoms with van der Waals surface area (Å²) in [5.74, 6) is 1.29.